The van der Waals surface area contributed by atoms with E-state index < -0.39 is 34.2 Å². The zero-order valence-corrected chi connectivity index (χ0v) is 25.1. The van der Waals surface area contributed by atoms with E-state index in [4.69, 9.17) is 9.47 Å². The summed E-state index contributed by atoms with van der Waals surface area (Å²) in [6, 6.07) is 5.39. The van der Waals surface area contributed by atoms with E-state index in [1.54, 1.807) is 12.1 Å². The van der Waals surface area contributed by atoms with Crippen LogP contribution in [0.3, 0.4) is 0 Å². The summed E-state index contributed by atoms with van der Waals surface area (Å²) in [6.45, 7) is 4.36. The highest BCUT2D eigenvalue weighted by Crippen LogP contribution is 2.68. The highest BCUT2D eigenvalue weighted by molar-refractivity contribution is 8.13. The number of alkyl halides is 1. The van der Waals surface area contributed by atoms with Gasteiger partial charge in [0.05, 0.1) is 36.7 Å². The van der Waals surface area contributed by atoms with E-state index >= 15 is 0 Å². The topological polar surface area (TPSA) is 90.7 Å². The number of thioether (sulfide) groups is 1. The Morgan fingerprint density at radius 1 is 1.21 bits per heavy atom. The fourth-order valence-electron chi connectivity index (χ4n) is 9.10. The molecule has 7 atom stereocenters. The third kappa shape index (κ3) is 4.39. The highest BCUT2D eigenvalue weighted by Gasteiger charge is 2.70. The SMILES string of the molecule is COCCC(=O)O[C@]1(C(=O)SCF)CC[C@H]2[C@@H]3CCC4=Cc5c(cnn5-c5ccc(F)cc5)C[C@]4(C)[C@H]3[C@@H](O)C[C@@]21C. The Labute approximate surface area is 249 Å². The molecule has 3 saturated carbocycles. The van der Waals surface area contributed by atoms with Crippen LogP contribution >= 0.6 is 11.8 Å². The van der Waals surface area contributed by atoms with E-state index in [-0.39, 0.29) is 42.0 Å². The number of aliphatic hydroxyl groups is 1. The van der Waals surface area contributed by atoms with Gasteiger partial charge in [0.1, 0.15) is 11.8 Å². The van der Waals surface area contributed by atoms with Crippen molar-refractivity contribution in [3.8, 4) is 5.69 Å². The first-order chi connectivity index (χ1) is 20.1. The van der Waals surface area contributed by atoms with E-state index in [2.05, 4.69) is 18.1 Å². The maximum atomic E-state index is 13.6. The molecule has 42 heavy (non-hydrogen) atoms. The Morgan fingerprint density at radius 3 is 2.69 bits per heavy atom. The molecule has 2 aromatic rings. The number of hydrogen-bond donors (Lipinski definition) is 1. The Bertz CT molecular complexity index is 1410. The van der Waals surface area contributed by atoms with Gasteiger partial charge < -0.3 is 14.6 Å². The molecule has 0 bridgehead atoms. The minimum absolute atomic E-state index is 0.00133. The van der Waals surface area contributed by atoms with Gasteiger partial charge in [-0.1, -0.05) is 19.4 Å². The van der Waals surface area contributed by atoms with Crippen LogP contribution in [-0.2, 0) is 25.5 Å². The number of aromatic nitrogens is 2. The van der Waals surface area contributed by atoms with Crippen molar-refractivity contribution in [3.05, 3.63) is 53.1 Å². The number of methoxy groups -OCH3 is 1. The molecule has 4 aliphatic carbocycles. The number of hydrogen-bond acceptors (Lipinski definition) is 7. The molecule has 6 rings (SSSR count). The van der Waals surface area contributed by atoms with Crippen LogP contribution < -0.4 is 0 Å². The number of ether oxygens (including phenoxy) is 2. The summed E-state index contributed by atoms with van der Waals surface area (Å²) in [5, 5.41) is 16.1. The standard InChI is InChI=1S/C32H38F2N2O5S/c1-30-15-19-17-35-36(22-7-5-21(34)6-8-22)25(19)14-20(30)4-9-23-24-10-12-32(29(39)42-18-33,41-27(38)11-13-40-3)31(24,2)16-26(37)28(23)30/h5-8,14,17,23-24,26,28,37H,4,9-13,15-16,18H2,1-3H3/t23-,24-,26-,28+,30-,31-,32-/m0/s1. The molecule has 0 amide bonds. The molecule has 4 aliphatic rings. The molecule has 1 N–H and O–H groups in total. The van der Waals surface area contributed by atoms with Gasteiger partial charge in [0, 0.05) is 12.5 Å². The summed E-state index contributed by atoms with van der Waals surface area (Å²) in [7, 11) is 1.49. The number of benzene rings is 1. The highest BCUT2D eigenvalue weighted by atomic mass is 32.2. The number of fused-ring (bicyclic) bond motifs is 6. The second kappa shape index (κ2) is 10.9. The molecule has 226 valence electrons. The second-order valence-electron chi connectivity index (χ2n) is 12.9. The van der Waals surface area contributed by atoms with Crippen LogP contribution in [0, 0.1) is 34.4 Å². The monoisotopic (exact) mass is 600 g/mol. The van der Waals surface area contributed by atoms with Crippen molar-refractivity contribution < 1.29 is 33.0 Å². The summed E-state index contributed by atoms with van der Waals surface area (Å²) in [6.07, 6.45) is 6.99. The van der Waals surface area contributed by atoms with Crippen LogP contribution in [-0.4, -0.2) is 57.4 Å². The predicted octanol–water partition coefficient (Wildman–Crippen LogP) is 5.67. The van der Waals surface area contributed by atoms with Crippen LogP contribution in [0.5, 0.6) is 0 Å². The Hall–Kier alpha value is -2.56. The lowest BCUT2D eigenvalue weighted by molar-refractivity contribution is -0.197. The van der Waals surface area contributed by atoms with Crippen molar-refractivity contribution in [2.24, 2.45) is 28.6 Å². The third-order valence-corrected chi connectivity index (χ3v) is 11.6. The molecule has 0 spiro atoms. The number of esters is 1. The lowest BCUT2D eigenvalue weighted by Crippen LogP contribution is -2.62. The van der Waals surface area contributed by atoms with Crippen molar-refractivity contribution in [2.45, 2.75) is 70.5 Å². The molecular formula is C32H38F2N2O5S. The fraction of sp³-hybridized carbons (Fsp3) is 0.594. The van der Waals surface area contributed by atoms with Crippen molar-refractivity contribution in [1.82, 2.24) is 9.78 Å². The quantitative estimate of drug-likeness (QED) is 0.410. The van der Waals surface area contributed by atoms with Gasteiger partial charge in [0.15, 0.2) is 5.60 Å². The van der Waals surface area contributed by atoms with Gasteiger partial charge >= 0.3 is 5.97 Å². The largest absolute Gasteiger partial charge is 0.449 e. The van der Waals surface area contributed by atoms with Crippen LogP contribution in [0.1, 0.15) is 63.6 Å². The maximum Gasteiger partial charge on any atom is 0.309 e. The summed E-state index contributed by atoms with van der Waals surface area (Å²) in [5.41, 5.74) is 1.50. The van der Waals surface area contributed by atoms with Gasteiger partial charge in [-0.2, -0.15) is 5.10 Å². The molecule has 7 nitrogen and oxygen atoms in total. The first-order valence-electron chi connectivity index (χ1n) is 14.7. The normalized spacial score (nSPS) is 35.0. The van der Waals surface area contributed by atoms with Crippen LogP contribution in [0.25, 0.3) is 11.8 Å². The van der Waals surface area contributed by atoms with E-state index in [0.29, 0.717) is 37.4 Å². The van der Waals surface area contributed by atoms with Crippen molar-refractivity contribution in [3.63, 3.8) is 0 Å². The van der Waals surface area contributed by atoms with Gasteiger partial charge in [-0.25, -0.2) is 13.5 Å². The molecule has 0 saturated heterocycles. The Kier molecular flexibility index (Phi) is 7.63. The number of carbonyl (C=O) groups is 2. The van der Waals surface area contributed by atoms with Gasteiger partial charge in [-0.05, 0) is 109 Å². The molecule has 1 heterocycles. The minimum atomic E-state index is -1.49. The fourth-order valence-corrected chi connectivity index (χ4v) is 9.81. The van der Waals surface area contributed by atoms with Crippen molar-refractivity contribution in [1.29, 1.82) is 0 Å². The molecule has 10 heteroatoms. The summed E-state index contributed by atoms with van der Waals surface area (Å²) < 4.78 is 40.0. The summed E-state index contributed by atoms with van der Waals surface area (Å²) in [4.78, 5) is 26.4. The smallest absolute Gasteiger partial charge is 0.309 e. The molecular weight excluding hydrogens is 562 g/mol. The molecule has 0 radical (unpaired) electrons. The number of aliphatic hydroxyl groups excluding tert-OH is 1. The predicted molar refractivity (Wildman–Crippen MR) is 155 cm³/mol. The zero-order valence-electron chi connectivity index (χ0n) is 24.3. The van der Waals surface area contributed by atoms with Crippen molar-refractivity contribution >= 4 is 28.9 Å². The minimum Gasteiger partial charge on any atom is -0.449 e. The number of halogens is 2. The average Bonchev–Trinajstić information content (AvgIpc) is 3.48. The summed E-state index contributed by atoms with van der Waals surface area (Å²) >= 11 is 0.554. The second-order valence-corrected chi connectivity index (χ2v) is 13.7. The number of nitrogens with zero attached hydrogens (tertiary/aromatic N) is 2. The maximum absolute atomic E-state index is 13.6. The van der Waals surface area contributed by atoms with Gasteiger partial charge in [0.25, 0.3) is 0 Å². The van der Waals surface area contributed by atoms with E-state index in [0.717, 1.165) is 29.8 Å². The Morgan fingerprint density at radius 2 is 1.98 bits per heavy atom. The van der Waals surface area contributed by atoms with Gasteiger partial charge in [-0.15, -0.1) is 0 Å². The lowest BCUT2D eigenvalue weighted by Gasteiger charge is -2.60. The lowest BCUT2D eigenvalue weighted by atomic mass is 9.45. The van der Waals surface area contributed by atoms with E-state index in [1.165, 1.54) is 24.8 Å². The van der Waals surface area contributed by atoms with E-state index in [1.807, 2.05) is 17.8 Å². The Balaban J connectivity index is 1.33. The number of rotatable bonds is 7. The number of carbonyl (C=O) groups excluding carboxylic acids is 2. The zero-order chi connectivity index (χ0) is 29.9. The van der Waals surface area contributed by atoms with Gasteiger partial charge in [-0.3, -0.25) is 9.59 Å². The number of allylic oxidation sites excluding steroid dienone is 1. The molecule has 1 aromatic heterocycles. The van der Waals surface area contributed by atoms with Crippen molar-refractivity contribution in [2.75, 3.05) is 19.7 Å². The third-order valence-electron chi connectivity index (χ3n) is 10.9. The van der Waals surface area contributed by atoms with Crippen LogP contribution in [0.4, 0.5) is 8.78 Å². The molecule has 0 unspecified atom stereocenters. The molecule has 0 aliphatic heterocycles. The molecule has 3 fully saturated rings. The van der Waals surface area contributed by atoms with E-state index in [9.17, 15) is 23.5 Å². The molecule has 1 aromatic carbocycles. The van der Waals surface area contributed by atoms with Crippen LogP contribution in [0.2, 0.25) is 0 Å². The van der Waals surface area contributed by atoms with Crippen LogP contribution in [0.15, 0.2) is 36.0 Å². The summed E-state index contributed by atoms with van der Waals surface area (Å²) in [5.74, 6) is -0.749. The van der Waals surface area contributed by atoms with Gasteiger partial charge in [0.2, 0.25) is 5.12 Å². The first-order valence-corrected chi connectivity index (χ1v) is 15.7. The average molecular weight is 601 g/mol. The first kappa shape index (κ1) is 29.5.